The van der Waals surface area contributed by atoms with Crippen molar-refractivity contribution >= 4 is 29.1 Å². The third-order valence-electron chi connectivity index (χ3n) is 2.44. The van der Waals surface area contributed by atoms with Gasteiger partial charge in [-0.25, -0.2) is 0 Å². The van der Waals surface area contributed by atoms with Crippen molar-refractivity contribution in [3.63, 3.8) is 0 Å². The molecule has 1 aromatic rings. The number of aliphatic hydroxyl groups is 1. The van der Waals surface area contributed by atoms with Crippen LogP contribution < -0.4 is 10.1 Å². The highest BCUT2D eigenvalue weighted by Crippen LogP contribution is 2.26. The van der Waals surface area contributed by atoms with Gasteiger partial charge < -0.3 is 19.9 Å². The number of carbonyl (C=O) groups excluding carboxylic acids is 1. The maximum atomic E-state index is 11.6. The van der Waals surface area contributed by atoms with Crippen LogP contribution in [-0.4, -0.2) is 44.0 Å². The summed E-state index contributed by atoms with van der Waals surface area (Å²) in [5.74, 6) is 0.323. The molecular weight excluding hydrogens is 305 g/mol. The fraction of sp³-hybridized carbons (Fsp3) is 0.462. The zero-order chi connectivity index (χ0) is 15.0. The number of aliphatic hydroxyl groups excluding tert-OH is 1. The summed E-state index contributed by atoms with van der Waals surface area (Å²) in [5.41, 5.74) is 0. The van der Waals surface area contributed by atoms with E-state index >= 15 is 0 Å². The summed E-state index contributed by atoms with van der Waals surface area (Å²) in [6.45, 7) is 0.290. The molecule has 0 spiro atoms. The minimum Gasteiger partial charge on any atom is -0.493 e. The lowest BCUT2D eigenvalue weighted by Gasteiger charge is -2.15. The number of halogens is 2. The van der Waals surface area contributed by atoms with Gasteiger partial charge in [0, 0.05) is 13.2 Å². The summed E-state index contributed by atoms with van der Waals surface area (Å²) < 4.78 is 10.3. The highest BCUT2D eigenvalue weighted by atomic mass is 35.5. The normalized spacial score (nSPS) is 12.0. The van der Waals surface area contributed by atoms with E-state index < -0.39 is 6.04 Å². The van der Waals surface area contributed by atoms with E-state index in [9.17, 15) is 4.79 Å². The molecule has 0 aliphatic rings. The Morgan fingerprint density at radius 3 is 2.75 bits per heavy atom. The van der Waals surface area contributed by atoms with Crippen LogP contribution in [-0.2, 0) is 9.53 Å². The predicted molar refractivity (Wildman–Crippen MR) is 77.5 cm³/mol. The van der Waals surface area contributed by atoms with Crippen molar-refractivity contribution in [3.8, 4) is 5.75 Å². The van der Waals surface area contributed by atoms with Crippen molar-refractivity contribution in [3.05, 3.63) is 28.2 Å². The van der Waals surface area contributed by atoms with E-state index in [-0.39, 0.29) is 32.1 Å². The van der Waals surface area contributed by atoms with Crippen LogP contribution in [0.1, 0.15) is 6.42 Å². The van der Waals surface area contributed by atoms with Gasteiger partial charge in [0.1, 0.15) is 5.75 Å². The van der Waals surface area contributed by atoms with E-state index in [1.54, 1.807) is 18.2 Å². The van der Waals surface area contributed by atoms with E-state index in [4.69, 9.17) is 37.8 Å². The van der Waals surface area contributed by atoms with Crippen LogP contribution in [0, 0.1) is 0 Å². The standard InChI is InChI=1S/C13H17Cl2NO4/c1-19-8-9(7-17)16-13(18)4-5-20-10-2-3-11(14)12(15)6-10/h2-3,6,9,17H,4-5,7-8H2,1H3,(H,16,18). The number of rotatable bonds is 8. The van der Waals surface area contributed by atoms with Crippen LogP contribution in [0.4, 0.5) is 0 Å². The summed E-state index contributed by atoms with van der Waals surface area (Å²) in [4.78, 5) is 11.6. The monoisotopic (exact) mass is 321 g/mol. The van der Waals surface area contributed by atoms with Crippen LogP contribution in [0.5, 0.6) is 5.75 Å². The zero-order valence-electron chi connectivity index (χ0n) is 11.1. The summed E-state index contributed by atoms with van der Waals surface area (Å²) >= 11 is 11.6. The molecule has 1 unspecified atom stereocenters. The second-order valence-corrected chi connectivity index (χ2v) is 4.89. The van der Waals surface area contributed by atoms with Crippen molar-refractivity contribution < 1.29 is 19.4 Å². The molecule has 1 atom stereocenters. The molecule has 0 saturated heterocycles. The maximum Gasteiger partial charge on any atom is 0.223 e. The number of benzene rings is 1. The molecule has 1 rings (SSSR count). The van der Waals surface area contributed by atoms with E-state index in [1.807, 2.05) is 0 Å². The lowest BCUT2D eigenvalue weighted by molar-refractivity contribution is -0.123. The molecular formula is C13H17Cl2NO4. The topological polar surface area (TPSA) is 67.8 Å². The van der Waals surface area contributed by atoms with Gasteiger partial charge in [-0.15, -0.1) is 0 Å². The van der Waals surface area contributed by atoms with Gasteiger partial charge in [0.25, 0.3) is 0 Å². The third kappa shape index (κ3) is 5.96. The molecule has 0 fully saturated rings. The van der Waals surface area contributed by atoms with Gasteiger partial charge in [0.2, 0.25) is 5.91 Å². The van der Waals surface area contributed by atoms with Gasteiger partial charge in [-0.05, 0) is 12.1 Å². The lowest BCUT2D eigenvalue weighted by atomic mass is 10.3. The maximum absolute atomic E-state index is 11.6. The minimum atomic E-state index is -0.405. The number of hydrogen-bond acceptors (Lipinski definition) is 4. The second-order valence-electron chi connectivity index (χ2n) is 4.08. The molecule has 1 aromatic carbocycles. The van der Waals surface area contributed by atoms with E-state index in [0.717, 1.165) is 0 Å². The summed E-state index contributed by atoms with van der Waals surface area (Å²) in [7, 11) is 1.50. The number of carbonyl (C=O) groups is 1. The van der Waals surface area contributed by atoms with Crippen LogP contribution in [0.2, 0.25) is 10.0 Å². The van der Waals surface area contributed by atoms with Gasteiger partial charge in [-0.1, -0.05) is 23.2 Å². The average Bonchev–Trinajstić information content (AvgIpc) is 2.42. The third-order valence-corrected chi connectivity index (χ3v) is 3.18. The Hall–Kier alpha value is -1.01. The molecule has 0 aliphatic carbocycles. The molecule has 0 saturated carbocycles. The first-order valence-electron chi connectivity index (χ1n) is 6.03. The molecule has 7 heteroatoms. The van der Waals surface area contributed by atoms with Crippen LogP contribution in [0.25, 0.3) is 0 Å². The van der Waals surface area contributed by atoms with E-state index in [2.05, 4.69) is 5.32 Å². The Kier molecular flexibility index (Phi) is 7.69. The lowest BCUT2D eigenvalue weighted by Crippen LogP contribution is -2.41. The SMILES string of the molecule is COCC(CO)NC(=O)CCOc1ccc(Cl)c(Cl)c1. The molecule has 20 heavy (non-hydrogen) atoms. The van der Waals surface area contributed by atoms with Crippen molar-refractivity contribution in [2.24, 2.45) is 0 Å². The number of methoxy groups -OCH3 is 1. The molecule has 2 N–H and O–H groups in total. The van der Waals surface area contributed by atoms with Gasteiger partial charge in [0.05, 0.1) is 42.3 Å². The van der Waals surface area contributed by atoms with Crippen LogP contribution in [0.3, 0.4) is 0 Å². The molecule has 0 aliphatic heterocycles. The predicted octanol–water partition coefficient (Wildman–Crippen LogP) is 1.89. The summed E-state index contributed by atoms with van der Waals surface area (Å²) in [6, 6.07) is 4.48. The molecule has 1 amide bonds. The first kappa shape index (κ1) is 17.0. The first-order chi connectivity index (χ1) is 9.56. The zero-order valence-corrected chi connectivity index (χ0v) is 12.6. The van der Waals surface area contributed by atoms with Crippen molar-refractivity contribution in [2.45, 2.75) is 12.5 Å². The number of amides is 1. The van der Waals surface area contributed by atoms with Gasteiger partial charge >= 0.3 is 0 Å². The van der Waals surface area contributed by atoms with Crippen molar-refractivity contribution in [2.75, 3.05) is 26.9 Å². The average molecular weight is 322 g/mol. The Bertz CT molecular complexity index is 442. The fourth-order valence-corrected chi connectivity index (χ4v) is 1.76. The highest BCUT2D eigenvalue weighted by Gasteiger charge is 2.11. The summed E-state index contributed by atoms with van der Waals surface area (Å²) in [5, 5.41) is 12.5. The molecule has 0 aromatic heterocycles. The van der Waals surface area contributed by atoms with Gasteiger partial charge in [-0.2, -0.15) is 0 Å². The number of ether oxygens (including phenoxy) is 2. The second kappa shape index (κ2) is 9.02. The quantitative estimate of drug-likeness (QED) is 0.767. The molecule has 0 heterocycles. The van der Waals surface area contributed by atoms with Crippen LogP contribution >= 0.6 is 23.2 Å². The van der Waals surface area contributed by atoms with E-state index in [0.29, 0.717) is 15.8 Å². The smallest absolute Gasteiger partial charge is 0.223 e. The van der Waals surface area contributed by atoms with E-state index in [1.165, 1.54) is 7.11 Å². The van der Waals surface area contributed by atoms with Crippen LogP contribution in [0.15, 0.2) is 18.2 Å². The molecule has 5 nitrogen and oxygen atoms in total. The minimum absolute atomic E-state index is 0.167. The van der Waals surface area contributed by atoms with Crippen molar-refractivity contribution in [1.29, 1.82) is 0 Å². The van der Waals surface area contributed by atoms with Gasteiger partial charge in [-0.3, -0.25) is 4.79 Å². The molecule has 112 valence electrons. The first-order valence-corrected chi connectivity index (χ1v) is 6.79. The Labute approximate surface area is 127 Å². The molecule has 0 radical (unpaired) electrons. The Morgan fingerprint density at radius 1 is 1.40 bits per heavy atom. The van der Waals surface area contributed by atoms with Crippen molar-refractivity contribution in [1.82, 2.24) is 5.32 Å². The Balaban J connectivity index is 2.32. The highest BCUT2D eigenvalue weighted by molar-refractivity contribution is 6.42. The largest absolute Gasteiger partial charge is 0.493 e. The van der Waals surface area contributed by atoms with Gasteiger partial charge in [0.15, 0.2) is 0 Å². The summed E-state index contributed by atoms with van der Waals surface area (Å²) in [6.07, 6.45) is 0.167. The number of hydrogen-bond donors (Lipinski definition) is 2. The fourth-order valence-electron chi connectivity index (χ4n) is 1.47. The number of nitrogens with one attached hydrogen (secondary N) is 1. The Morgan fingerprint density at radius 2 is 2.15 bits per heavy atom. The molecule has 0 bridgehead atoms.